The van der Waals surface area contributed by atoms with E-state index in [1.807, 2.05) is 0 Å². The van der Waals surface area contributed by atoms with Crippen molar-refractivity contribution in [2.45, 2.75) is 44.2 Å². The zero-order valence-corrected chi connectivity index (χ0v) is 11.4. The topological polar surface area (TPSA) is 98.7 Å². The van der Waals surface area contributed by atoms with E-state index < -0.39 is 12.0 Å². The summed E-state index contributed by atoms with van der Waals surface area (Å²) in [5.74, 6) is -1.47. The monoisotopic (exact) mass is 283 g/mol. The van der Waals surface area contributed by atoms with Crippen LogP contribution in [0.4, 0.5) is 0 Å². The maximum atomic E-state index is 12.0. The average molecular weight is 283 g/mol. The Morgan fingerprint density at radius 1 is 1.35 bits per heavy atom. The first-order valence-electron chi connectivity index (χ1n) is 7.09. The van der Waals surface area contributed by atoms with Gasteiger partial charge in [-0.3, -0.25) is 19.3 Å². The third-order valence-electron chi connectivity index (χ3n) is 3.88. The van der Waals surface area contributed by atoms with E-state index >= 15 is 0 Å². The van der Waals surface area contributed by atoms with Crippen LogP contribution < -0.4 is 10.6 Å². The van der Waals surface area contributed by atoms with Crippen molar-refractivity contribution in [2.24, 2.45) is 0 Å². The van der Waals surface area contributed by atoms with Gasteiger partial charge in [-0.2, -0.15) is 0 Å². The molecule has 1 saturated carbocycles. The predicted octanol–water partition coefficient (Wildman–Crippen LogP) is -0.680. The molecule has 1 atom stereocenters. The van der Waals surface area contributed by atoms with Crippen LogP contribution in [0.1, 0.15) is 32.1 Å². The molecule has 112 valence electrons. The molecule has 20 heavy (non-hydrogen) atoms. The van der Waals surface area contributed by atoms with Crippen LogP contribution in [0.2, 0.25) is 0 Å². The lowest BCUT2D eigenvalue weighted by Gasteiger charge is -2.33. The number of nitrogens with one attached hydrogen (secondary N) is 2. The summed E-state index contributed by atoms with van der Waals surface area (Å²) >= 11 is 0. The number of hydrogen-bond acceptors (Lipinski definition) is 4. The summed E-state index contributed by atoms with van der Waals surface area (Å²) in [6, 6.07) is -0.519. The molecule has 7 nitrogen and oxygen atoms in total. The molecule has 1 aliphatic heterocycles. The summed E-state index contributed by atoms with van der Waals surface area (Å²) < 4.78 is 0. The second kappa shape index (κ2) is 6.69. The Labute approximate surface area is 117 Å². The largest absolute Gasteiger partial charge is 0.481 e. The smallest absolute Gasteiger partial charge is 0.305 e. The molecule has 0 spiro atoms. The summed E-state index contributed by atoms with van der Waals surface area (Å²) in [6.07, 6.45) is 4.01. The number of hydrogen-bond donors (Lipinski definition) is 3. The number of aliphatic carboxylic acids is 1. The third-order valence-corrected chi connectivity index (χ3v) is 3.88. The lowest BCUT2D eigenvalue weighted by molar-refractivity contribution is -0.144. The van der Waals surface area contributed by atoms with E-state index in [4.69, 9.17) is 5.11 Å². The zero-order valence-electron chi connectivity index (χ0n) is 11.4. The highest BCUT2D eigenvalue weighted by atomic mass is 16.4. The summed E-state index contributed by atoms with van der Waals surface area (Å²) in [7, 11) is 0. The van der Waals surface area contributed by atoms with Crippen molar-refractivity contribution in [3.63, 3.8) is 0 Å². The Morgan fingerprint density at radius 3 is 2.70 bits per heavy atom. The number of carbonyl (C=O) groups excluding carboxylic acids is 2. The zero-order chi connectivity index (χ0) is 14.5. The van der Waals surface area contributed by atoms with E-state index in [1.54, 1.807) is 4.90 Å². The molecule has 2 aliphatic rings. The maximum absolute atomic E-state index is 12.0. The van der Waals surface area contributed by atoms with Gasteiger partial charge in [-0.25, -0.2) is 0 Å². The minimum atomic E-state index is -1.03. The minimum Gasteiger partial charge on any atom is -0.481 e. The van der Waals surface area contributed by atoms with Gasteiger partial charge >= 0.3 is 5.97 Å². The van der Waals surface area contributed by atoms with Crippen LogP contribution in [0.15, 0.2) is 0 Å². The van der Waals surface area contributed by atoms with Crippen LogP contribution in [0, 0.1) is 0 Å². The highest BCUT2D eigenvalue weighted by Gasteiger charge is 2.33. The highest BCUT2D eigenvalue weighted by molar-refractivity contribution is 5.88. The first-order chi connectivity index (χ1) is 9.56. The molecule has 0 aromatic heterocycles. The molecule has 3 N–H and O–H groups in total. The first kappa shape index (κ1) is 14.8. The molecule has 1 saturated heterocycles. The number of amides is 2. The van der Waals surface area contributed by atoms with Gasteiger partial charge in [-0.1, -0.05) is 12.8 Å². The van der Waals surface area contributed by atoms with Crippen molar-refractivity contribution < 1.29 is 19.5 Å². The van der Waals surface area contributed by atoms with E-state index in [2.05, 4.69) is 10.6 Å². The fourth-order valence-electron chi connectivity index (χ4n) is 2.87. The second-order valence-corrected chi connectivity index (χ2v) is 5.42. The standard InChI is InChI=1S/C13H21N3O4/c17-11(15-9-3-1-2-4-9)8-16-6-5-14-13(20)10(16)7-12(18)19/h9-10H,1-8H2,(H,14,20)(H,15,17)(H,18,19). The minimum absolute atomic E-state index is 0.0852. The van der Waals surface area contributed by atoms with Crippen molar-refractivity contribution in [2.75, 3.05) is 19.6 Å². The van der Waals surface area contributed by atoms with E-state index in [0.29, 0.717) is 13.1 Å². The summed E-state index contributed by atoms with van der Waals surface area (Å²) in [6.45, 7) is 1.04. The van der Waals surface area contributed by atoms with Gasteiger partial charge in [0.25, 0.3) is 0 Å². The van der Waals surface area contributed by atoms with Crippen molar-refractivity contribution in [3.8, 4) is 0 Å². The van der Waals surface area contributed by atoms with Crippen molar-refractivity contribution in [1.29, 1.82) is 0 Å². The number of nitrogens with zero attached hydrogens (tertiary/aromatic N) is 1. The summed E-state index contributed by atoms with van der Waals surface area (Å²) in [4.78, 5) is 36.2. The highest BCUT2D eigenvalue weighted by Crippen LogP contribution is 2.17. The lowest BCUT2D eigenvalue weighted by atomic mass is 10.1. The Morgan fingerprint density at radius 2 is 2.05 bits per heavy atom. The molecule has 0 bridgehead atoms. The normalized spacial score (nSPS) is 24.4. The molecule has 2 fully saturated rings. The van der Waals surface area contributed by atoms with Gasteiger partial charge in [0.1, 0.15) is 6.04 Å². The van der Waals surface area contributed by atoms with Gasteiger partial charge in [0.2, 0.25) is 11.8 Å². The molecule has 0 radical (unpaired) electrons. The quantitative estimate of drug-likeness (QED) is 0.621. The maximum Gasteiger partial charge on any atom is 0.305 e. The molecular weight excluding hydrogens is 262 g/mol. The fraction of sp³-hybridized carbons (Fsp3) is 0.769. The van der Waals surface area contributed by atoms with E-state index in [0.717, 1.165) is 25.7 Å². The number of carboxylic acid groups (broad SMARTS) is 1. The molecule has 1 heterocycles. The van der Waals surface area contributed by atoms with Gasteiger partial charge in [-0.15, -0.1) is 0 Å². The van der Waals surface area contributed by atoms with Crippen LogP contribution in [-0.2, 0) is 14.4 Å². The van der Waals surface area contributed by atoms with E-state index in [9.17, 15) is 14.4 Å². The van der Waals surface area contributed by atoms with Gasteiger partial charge in [-0.05, 0) is 12.8 Å². The first-order valence-corrected chi connectivity index (χ1v) is 7.09. The third kappa shape index (κ3) is 3.93. The Bertz CT molecular complexity index is 393. The van der Waals surface area contributed by atoms with Gasteiger partial charge in [0, 0.05) is 19.1 Å². The molecule has 0 aromatic carbocycles. The number of rotatable bonds is 5. The van der Waals surface area contributed by atoms with E-state index in [-0.39, 0.29) is 30.8 Å². The molecule has 0 aromatic rings. The molecule has 1 unspecified atom stereocenters. The summed E-state index contributed by atoms with van der Waals surface area (Å²) in [5.41, 5.74) is 0. The predicted molar refractivity (Wildman–Crippen MR) is 71.0 cm³/mol. The molecule has 7 heteroatoms. The SMILES string of the molecule is O=C(O)CC1C(=O)NCCN1CC(=O)NC1CCCC1. The molecule has 1 aliphatic carbocycles. The Balaban J connectivity index is 1.88. The Kier molecular flexibility index (Phi) is 4.94. The van der Waals surface area contributed by atoms with Crippen LogP contribution in [0.3, 0.4) is 0 Å². The lowest BCUT2D eigenvalue weighted by Crippen LogP contribution is -2.58. The van der Waals surface area contributed by atoms with Gasteiger partial charge in [0.15, 0.2) is 0 Å². The number of carbonyl (C=O) groups is 3. The molecule has 2 amide bonds. The van der Waals surface area contributed by atoms with Crippen molar-refractivity contribution in [1.82, 2.24) is 15.5 Å². The second-order valence-electron chi connectivity index (χ2n) is 5.42. The average Bonchev–Trinajstić information content (AvgIpc) is 2.86. The molecule has 2 rings (SSSR count). The summed E-state index contributed by atoms with van der Waals surface area (Å²) in [5, 5.41) is 14.5. The van der Waals surface area contributed by atoms with Crippen LogP contribution in [0.5, 0.6) is 0 Å². The fourth-order valence-corrected chi connectivity index (χ4v) is 2.87. The van der Waals surface area contributed by atoms with Crippen LogP contribution >= 0.6 is 0 Å². The van der Waals surface area contributed by atoms with Gasteiger partial charge in [0.05, 0.1) is 13.0 Å². The van der Waals surface area contributed by atoms with Crippen molar-refractivity contribution >= 4 is 17.8 Å². The van der Waals surface area contributed by atoms with Crippen LogP contribution in [0.25, 0.3) is 0 Å². The van der Waals surface area contributed by atoms with Crippen LogP contribution in [-0.4, -0.2) is 59.5 Å². The van der Waals surface area contributed by atoms with E-state index in [1.165, 1.54) is 0 Å². The number of carboxylic acids is 1. The van der Waals surface area contributed by atoms with Crippen molar-refractivity contribution in [3.05, 3.63) is 0 Å². The molecular formula is C13H21N3O4. The Hall–Kier alpha value is -1.63. The number of piperazine rings is 1. The van der Waals surface area contributed by atoms with Gasteiger partial charge < -0.3 is 15.7 Å².